The molecule has 1 aromatic rings. The van der Waals surface area contributed by atoms with Crippen LogP contribution in [-0.4, -0.2) is 12.5 Å². The van der Waals surface area contributed by atoms with Crippen LogP contribution in [0.4, 0.5) is 0 Å². The van der Waals surface area contributed by atoms with Crippen LogP contribution in [0.15, 0.2) is 12.1 Å². The quantitative estimate of drug-likeness (QED) is 0.529. The second kappa shape index (κ2) is 6.80. The zero-order chi connectivity index (χ0) is 12.0. The van der Waals surface area contributed by atoms with Crippen LogP contribution >= 0.6 is 11.6 Å². The second-order valence-electron chi connectivity index (χ2n) is 4.25. The molecular weight excluding hydrogens is 220 g/mol. The van der Waals surface area contributed by atoms with Crippen molar-refractivity contribution < 1.29 is 4.74 Å². The summed E-state index contributed by atoms with van der Waals surface area (Å²) >= 11 is 5.63. The van der Waals surface area contributed by atoms with Gasteiger partial charge in [-0.2, -0.15) is 0 Å². The molecule has 0 N–H and O–H groups in total. The van der Waals surface area contributed by atoms with Crippen molar-refractivity contribution in [1.82, 2.24) is 0 Å². The Bertz CT molecular complexity index is 334. The van der Waals surface area contributed by atoms with Crippen molar-refractivity contribution in [2.24, 2.45) is 0 Å². The lowest BCUT2D eigenvalue weighted by atomic mass is 10.1. The Labute approximate surface area is 104 Å². The third-order valence-corrected chi connectivity index (χ3v) is 3.17. The van der Waals surface area contributed by atoms with Crippen molar-refractivity contribution in [1.29, 1.82) is 0 Å². The summed E-state index contributed by atoms with van der Waals surface area (Å²) in [6.45, 7) is 7.13. The van der Waals surface area contributed by atoms with Crippen LogP contribution in [-0.2, 0) is 0 Å². The van der Waals surface area contributed by atoms with Gasteiger partial charge in [0.2, 0.25) is 0 Å². The van der Waals surface area contributed by atoms with Crippen LogP contribution in [0.5, 0.6) is 5.75 Å². The first kappa shape index (κ1) is 13.4. The lowest BCUT2D eigenvalue weighted by Gasteiger charge is -2.13. The second-order valence-corrected chi connectivity index (χ2v) is 4.63. The maximum Gasteiger partial charge on any atom is 0.125 e. The highest BCUT2D eigenvalue weighted by atomic mass is 35.5. The average Bonchev–Trinajstić information content (AvgIpc) is 2.28. The lowest BCUT2D eigenvalue weighted by molar-refractivity contribution is 0.302. The molecule has 0 amide bonds. The van der Waals surface area contributed by atoms with Crippen LogP contribution < -0.4 is 4.74 Å². The van der Waals surface area contributed by atoms with Gasteiger partial charge in [0.1, 0.15) is 5.75 Å². The molecule has 0 spiro atoms. The number of rotatable bonds is 6. The normalized spacial score (nSPS) is 10.5. The van der Waals surface area contributed by atoms with Gasteiger partial charge in [-0.3, -0.25) is 0 Å². The summed E-state index contributed by atoms with van der Waals surface area (Å²) in [6.07, 6.45) is 3.31. The number of ether oxygens (including phenoxy) is 1. The SMILES string of the molecule is Cc1ccc(C)c(OCCCCCCl)c1C. The van der Waals surface area contributed by atoms with Crippen molar-refractivity contribution in [3.8, 4) is 5.75 Å². The molecule has 0 saturated heterocycles. The lowest BCUT2D eigenvalue weighted by Crippen LogP contribution is -2.01. The number of aryl methyl sites for hydroxylation is 2. The number of hydrogen-bond acceptors (Lipinski definition) is 1. The third kappa shape index (κ3) is 3.71. The van der Waals surface area contributed by atoms with Gasteiger partial charge in [0.15, 0.2) is 0 Å². The Hall–Kier alpha value is -0.690. The predicted octanol–water partition coefficient (Wildman–Crippen LogP) is 4.40. The Morgan fingerprint density at radius 1 is 1.00 bits per heavy atom. The van der Waals surface area contributed by atoms with Gasteiger partial charge >= 0.3 is 0 Å². The van der Waals surface area contributed by atoms with Crippen LogP contribution in [0.2, 0.25) is 0 Å². The van der Waals surface area contributed by atoms with Crippen molar-refractivity contribution in [2.75, 3.05) is 12.5 Å². The number of alkyl halides is 1. The summed E-state index contributed by atoms with van der Waals surface area (Å²) in [6, 6.07) is 4.27. The van der Waals surface area contributed by atoms with Crippen molar-refractivity contribution >= 4 is 11.6 Å². The molecule has 1 rings (SSSR count). The molecule has 0 atom stereocenters. The van der Waals surface area contributed by atoms with Crippen LogP contribution in [0.25, 0.3) is 0 Å². The van der Waals surface area contributed by atoms with E-state index in [1.165, 1.54) is 16.7 Å². The number of benzene rings is 1. The van der Waals surface area contributed by atoms with Gasteiger partial charge in [-0.1, -0.05) is 12.1 Å². The number of halogens is 1. The van der Waals surface area contributed by atoms with Gasteiger partial charge in [-0.25, -0.2) is 0 Å². The van der Waals surface area contributed by atoms with Gasteiger partial charge in [0, 0.05) is 5.88 Å². The minimum absolute atomic E-state index is 0.752. The number of hydrogen-bond donors (Lipinski definition) is 0. The Morgan fingerprint density at radius 2 is 1.69 bits per heavy atom. The number of unbranched alkanes of at least 4 members (excludes halogenated alkanes) is 2. The Morgan fingerprint density at radius 3 is 2.38 bits per heavy atom. The summed E-state index contributed by atoms with van der Waals surface area (Å²) in [5.41, 5.74) is 3.78. The molecule has 0 fully saturated rings. The van der Waals surface area contributed by atoms with E-state index in [1.807, 2.05) is 0 Å². The zero-order valence-corrected chi connectivity index (χ0v) is 11.2. The van der Waals surface area contributed by atoms with E-state index in [4.69, 9.17) is 16.3 Å². The Kier molecular flexibility index (Phi) is 5.68. The van der Waals surface area contributed by atoms with E-state index in [0.717, 1.165) is 37.5 Å². The molecule has 90 valence electrons. The van der Waals surface area contributed by atoms with E-state index in [0.29, 0.717) is 0 Å². The third-order valence-electron chi connectivity index (χ3n) is 2.90. The van der Waals surface area contributed by atoms with Gasteiger partial charge in [-0.05, 0) is 56.7 Å². The Balaban J connectivity index is 2.50. The van der Waals surface area contributed by atoms with Crippen LogP contribution in [0, 0.1) is 20.8 Å². The summed E-state index contributed by atoms with van der Waals surface area (Å²) in [5.74, 6) is 1.81. The fourth-order valence-corrected chi connectivity index (χ4v) is 1.88. The molecule has 0 aliphatic carbocycles. The van der Waals surface area contributed by atoms with Gasteiger partial charge < -0.3 is 4.74 Å². The highest BCUT2D eigenvalue weighted by molar-refractivity contribution is 6.17. The molecule has 0 saturated carbocycles. The van der Waals surface area contributed by atoms with Crippen molar-refractivity contribution in [3.63, 3.8) is 0 Å². The van der Waals surface area contributed by atoms with Crippen molar-refractivity contribution in [2.45, 2.75) is 40.0 Å². The molecule has 0 bridgehead atoms. The van der Waals surface area contributed by atoms with Gasteiger partial charge in [-0.15, -0.1) is 11.6 Å². The highest BCUT2D eigenvalue weighted by Crippen LogP contribution is 2.25. The molecule has 1 aromatic carbocycles. The van der Waals surface area contributed by atoms with E-state index in [1.54, 1.807) is 0 Å². The summed E-state index contributed by atoms with van der Waals surface area (Å²) < 4.78 is 5.85. The van der Waals surface area contributed by atoms with Crippen LogP contribution in [0.3, 0.4) is 0 Å². The van der Waals surface area contributed by atoms with E-state index >= 15 is 0 Å². The maximum absolute atomic E-state index is 5.85. The molecule has 0 aliphatic rings. The average molecular weight is 241 g/mol. The van der Waals surface area contributed by atoms with Gasteiger partial charge in [0.05, 0.1) is 6.61 Å². The van der Waals surface area contributed by atoms with E-state index in [2.05, 4.69) is 32.9 Å². The molecule has 1 nitrogen and oxygen atoms in total. The highest BCUT2D eigenvalue weighted by Gasteiger charge is 2.05. The molecule has 16 heavy (non-hydrogen) atoms. The molecule has 2 heteroatoms. The minimum atomic E-state index is 0.752. The summed E-state index contributed by atoms with van der Waals surface area (Å²) in [5, 5.41) is 0. The van der Waals surface area contributed by atoms with E-state index < -0.39 is 0 Å². The molecule has 0 aromatic heterocycles. The van der Waals surface area contributed by atoms with Crippen molar-refractivity contribution in [3.05, 3.63) is 28.8 Å². The molecule has 0 heterocycles. The fourth-order valence-electron chi connectivity index (χ4n) is 1.70. The maximum atomic E-state index is 5.85. The van der Waals surface area contributed by atoms with E-state index in [9.17, 15) is 0 Å². The smallest absolute Gasteiger partial charge is 0.125 e. The first-order chi connectivity index (χ1) is 7.66. The summed E-state index contributed by atoms with van der Waals surface area (Å²) in [7, 11) is 0. The predicted molar refractivity (Wildman–Crippen MR) is 70.7 cm³/mol. The molecular formula is C14H21ClO. The minimum Gasteiger partial charge on any atom is -0.493 e. The van der Waals surface area contributed by atoms with E-state index in [-0.39, 0.29) is 0 Å². The molecule has 0 unspecified atom stereocenters. The largest absolute Gasteiger partial charge is 0.493 e. The summed E-state index contributed by atoms with van der Waals surface area (Å²) in [4.78, 5) is 0. The van der Waals surface area contributed by atoms with Gasteiger partial charge in [0.25, 0.3) is 0 Å². The molecule has 0 aliphatic heterocycles. The zero-order valence-electron chi connectivity index (χ0n) is 10.5. The van der Waals surface area contributed by atoms with Crippen LogP contribution in [0.1, 0.15) is 36.0 Å². The fraction of sp³-hybridized carbons (Fsp3) is 0.571. The first-order valence-corrected chi connectivity index (χ1v) is 6.46. The standard InChI is InChI=1S/C14H21ClO/c1-11-7-8-12(2)14(13(11)3)16-10-6-4-5-9-15/h7-8H,4-6,9-10H2,1-3H3. The first-order valence-electron chi connectivity index (χ1n) is 5.92. The molecule has 0 radical (unpaired) electrons. The monoisotopic (exact) mass is 240 g/mol. The topological polar surface area (TPSA) is 9.23 Å².